The predicted molar refractivity (Wildman–Crippen MR) is 71.3 cm³/mol. The molecule has 0 saturated carbocycles. The molecule has 0 radical (unpaired) electrons. The minimum atomic E-state index is -4.40. The number of hydrogen-bond donors (Lipinski definition) is 1. The molecule has 0 amide bonds. The molecule has 3 aromatic rings. The van der Waals surface area contributed by atoms with Crippen LogP contribution in [0.4, 0.5) is 13.2 Å². The first kappa shape index (κ1) is 13.6. The Kier molecular flexibility index (Phi) is 3.13. The van der Waals surface area contributed by atoms with E-state index >= 15 is 0 Å². The maximum Gasteiger partial charge on any atom is 0.417 e. The van der Waals surface area contributed by atoms with Crippen molar-refractivity contribution in [2.75, 3.05) is 0 Å². The van der Waals surface area contributed by atoms with Crippen LogP contribution in [0.5, 0.6) is 0 Å². The lowest BCUT2D eigenvalue weighted by Gasteiger charge is -2.07. The smallest absolute Gasteiger partial charge is 0.326 e. The van der Waals surface area contributed by atoms with Gasteiger partial charge in [0.1, 0.15) is 0 Å². The number of hydrogen-bond acceptors (Lipinski definition) is 3. The highest BCUT2D eigenvalue weighted by Crippen LogP contribution is 2.30. The van der Waals surface area contributed by atoms with Gasteiger partial charge in [0.2, 0.25) is 0 Å². The Labute approximate surface area is 118 Å². The first-order valence-electron chi connectivity index (χ1n) is 6.20. The molecule has 0 spiro atoms. The third-order valence-electron chi connectivity index (χ3n) is 3.18. The number of halogens is 3. The minimum absolute atomic E-state index is 0.361. The Hall–Kier alpha value is -2.41. The van der Waals surface area contributed by atoms with Gasteiger partial charge in [-0.25, -0.2) is 0 Å². The molecule has 0 unspecified atom stereocenters. The Balaban J connectivity index is 2.13. The van der Waals surface area contributed by atoms with Crippen molar-refractivity contribution in [2.24, 2.45) is 5.73 Å². The number of pyridine rings is 1. The van der Waals surface area contributed by atoms with Crippen LogP contribution in [-0.2, 0) is 12.7 Å². The molecule has 0 aliphatic heterocycles. The van der Waals surface area contributed by atoms with Crippen molar-refractivity contribution >= 4 is 5.65 Å². The van der Waals surface area contributed by atoms with Gasteiger partial charge in [0.15, 0.2) is 11.5 Å². The summed E-state index contributed by atoms with van der Waals surface area (Å²) in [5, 5.41) is 7.84. The monoisotopic (exact) mass is 292 g/mol. The number of aromatic nitrogens is 3. The number of fused-ring (bicyclic) bond motifs is 1. The van der Waals surface area contributed by atoms with Crippen molar-refractivity contribution in [3.63, 3.8) is 0 Å². The van der Waals surface area contributed by atoms with Crippen molar-refractivity contribution in [1.82, 2.24) is 14.6 Å². The molecule has 3 rings (SSSR count). The summed E-state index contributed by atoms with van der Waals surface area (Å²) in [4.78, 5) is 0. The van der Waals surface area contributed by atoms with Crippen molar-refractivity contribution in [2.45, 2.75) is 12.7 Å². The van der Waals surface area contributed by atoms with Gasteiger partial charge in [0.05, 0.1) is 5.56 Å². The van der Waals surface area contributed by atoms with Gasteiger partial charge in [-0.05, 0) is 17.7 Å². The number of benzene rings is 1. The number of nitrogens with two attached hydrogens (primary N) is 1. The summed E-state index contributed by atoms with van der Waals surface area (Å²) in [5.41, 5.74) is 6.75. The molecule has 4 nitrogen and oxygen atoms in total. The third kappa shape index (κ3) is 2.47. The van der Waals surface area contributed by atoms with E-state index in [0.717, 1.165) is 17.8 Å². The van der Waals surface area contributed by atoms with Crippen molar-refractivity contribution in [1.29, 1.82) is 0 Å². The maximum absolute atomic E-state index is 12.8. The minimum Gasteiger partial charge on any atom is -0.326 e. The lowest BCUT2D eigenvalue weighted by Crippen LogP contribution is -2.06. The zero-order chi connectivity index (χ0) is 15.0. The number of alkyl halides is 3. The summed E-state index contributed by atoms with van der Waals surface area (Å²) in [5.74, 6) is 0.361. The van der Waals surface area contributed by atoms with E-state index in [2.05, 4.69) is 10.2 Å². The van der Waals surface area contributed by atoms with E-state index < -0.39 is 11.7 Å². The fourth-order valence-corrected chi connectivity index (χ4v) is 2.05. The van der Waals surface area contributed by atoms with E-state index in [0.29, 0.717) is 23.6 Å². The average Bonchev–Trinajstić information content (AvgIpc) is 2.89. The van der Waals surface area contributed by atoms with E-state index in [1.165, 1.54) is 10.5 Å². The Morgan fingerprint density at radius 1 is 1.00 bits per heavy atom. The molecule has 1 aromatic carbocycles. The summed E-state index contributed by atoms with van der Waals surface area (Å²) in [6, 6.07) is 9.44. The van der Waals surface area contributed by atoms with Gasteiger partial charge in [-0.1, -0.05) is 24.3 Å². The van der Waals surface area contributed by atoms with E-state index in [4.69, 9.17) is 5.73 Å². The summed E-state index contributed by atoms with van der Waals surface area (Å²) >= 11 is 0. The maximum atomic E-state index is 12.8. The Morgan fingerprint density at radius 2 is 1.71 bits per heavy atom. The van der Waals surface area contributed by atoms with Crippen LogP contribution in [0.15, 0.2) is 42.6 Å². The number of nitrogens with zero attached hydrogens (tertiary/aromatic N) is 3. The molecule has 2 aromatic heterocycles. The third-order valence-corrected chi connectivity index (χ3v) is 3.18. The number of rotatable bonds is 2. The van der Waals surface area contributed by atoms with E-state index in [1.807, 2.05) is 12.1 Å². The summed E-state index contributed by atoms with van der Waals surface area (Å²) in [7, 11) is 0. The zero-order valence-electron chi connectivity index (χ0n) is 10.8. The second-order valence-electron chi connectivity index (χ2n) is 4.57. The lowest BCUT2D eigenvalue weighted by atomic mass is 10.1. The fraction of sp³-hybridized carbons (Fsp3) is 0.143. The predicted octanol–water partition coefficient (Wildman–Crippen LogP) is 2.87. The van der Waals surface area contributed by atoms with E-state index in [9.17, 15) is 13.2 Å². The molecule has 0 fully saturated rings. The summed E-state index contributed by atoms with van der Waals surface area (Å²) in [6.45, 7) is 0.402. The molecule has 7 heteroatoms. The average molecular weight is 292 g/mol. The molecule has 0 aliphatic rings. The van der Waals surface area contributed by atoms with Gasteiger partial charge < -0.3 is 5.73 Å². The molecular weight excluding hydrogens is 281 g/mol. The van der Waals surface area contributed by atoms with Crippen LogP contribution >= 0.6 is 0 Å². The van der Waals surface area contributed by atoms with Crippen LogP contribution in [-0.4, -0.2) is 14.6 Å². The Morgan fingerprint density at radius 3 is 2.33 bits per heavy atom. The zero-order valence-corrected chi connectivity index (χ0v) is 10.8. The second kappa shape index (κ2) is 4.85. The molecule has 0 atom stereocenters. The van der Waals surface area contributed by atoms with Crippen molar-refractivity contribution < 1.29 is 13.2 Å². The lowest BCUT2D eigenvalue weighted by molar-refractivity contribution is -0.137. The molecule has 2 N–H and O–H groups in total. The van der Waals surface area contributed by atoms with Gasteiger partial charge in [0.25, 0.3) is 0 Å². The van der Waals surface area contributed by atoms with Crippen LogP contribution in [0, 0.1) is 0 Å². The van der Waals surface area contributed by atoms with Crippen LogP contribution in [0.1, 0.15) is 11.1 Å². The SMILES string of the molecule is NCc1ccc(-c2nnc3ccc(C(F)(F)F)cn23)cc1. The molecule has 108 valence electrons. The molecule has 2 heterocycles. The highest BCUT2D eigenvalue weighted by atomic mass is 19.4. The van der Waals surface area contributed by atoms with Gasteiger partial charge in [-0.3, -0.25) is 4.40 Å². The van der Waals surface area contributed by atoms with E-state index in [1.54, 1.807) is 12.1 Å². The molecular formula is C14H11F3N4. The molecule has 21 heavy (non-hydrogen) atoms. The quantitative estimate of drug-likeness (QED) is 0.790. The highest BCUT2D eigenvalue weighted by Gasteiger charge is 2.31. The van der Waals surface area contributed by atoms with Gasteiger partial charge in [-0.15, -0.1) is 10.2 Å². The largest absolute Gasteiger partial charge is 0.417 e. The normalized spacial score (nSPS) is 12.0. The van der Waals surface area contributed by atoms with Crippen LogP contribution in [0.2, 0.25) is 0 Å². The first-order chi connectivity index (χ1) is 9.99. The second-order valence-corrected chi connectivity index (χ2v) is 4.57. The standard InChI is InChI=1S/C14H11F3N4/c15-14(16,17)11-5-6-12-19-20-13(21(12)8-11)10-3-1-9(7-18)2-4-10/h1-6,8H,7,18H2. The summed E-state index contributed by atoms with van der Waals surface area (Å²) < 4.78 is 39.7. The Bertz CT molecular complexity index is 775. The first-order valence-corrected chi connectivity index (χ1v) is 6.20. The van der Waals surface area contributed by atoms with Crippen LogP contribution in [0.25, 0.3) is 17.0 Å². The summed E-state index contributed by atoms with van der Waals surface area (Å²) in [6.07, 6.45) is -3.40. The molecule has 0 bridgehead atoms. The van der Waals surface area contributed by atoms with Crippen LogP contribution < -0.4 is 5.73 Å². The van der Waals surface area contributed by atoms with Gasteiger partial charge in [-0.2, -0.15) is 13.2 Å². The van der Waals surface area contributed by atoms with Crippen molar-refractivity contribution in [3.8, 4) is 11.4 Å². The van der Waals surface area contributed by atoms with Gasteiger partial charge in [0, 0.05) is 18.3 Å². The molecule has 0 aliphatic carbocycles. The van der Waals surface area contributed by atoms with Crippen LogP contribution in [0.3, 0.4) is 0 Å². The molecule has 0 saturated heterocycles. The van der Waals surface area contributed by atoms with E-state index in [-0.39, 0.29) is 0 Å². The van der Waals surface area contributed by atoms with Gasteiger partial charge >= 0.3 is 6.18 Å². The topological polar surface area (TPSA) is 56.2 Å². The van der Waals surface area contributed by atoms with Crippen molar-refractivity contribution in [3.05, 3.63) is 53.7 Å². The highest BCUT2D eigenvalue weighted by molar-refractivity contribution is 5.60. The fourth-order valence-electron chi connectivity index (χ4n) is 2.05.